The van der Waals surface area contributed by atoms with Gasteiger partial charge in [0, 0.05) is 25.9 Å². The molecule has 22 heavy (non-hydrogen) atoms. The van der Waals surface area contributed by atoms with Gasteiger partial charge in [-0.05, 0) is 29.5 Å². The molecule has 1 spiro atoms. The van der Waals surface area contributed by atoms with Gasteiger partial charge in [-0.25, -0.2) is 0 Å². The number of anilines is 1. The molecule has 2 aromatic rings. The Morgan fingerprint density at radius 1 is 1.05 bits per heavy atom. The summed E-state index contributed by atoms with van der Waals surface area (Å²) in [4.78, 5) is 2.19. The summed E-state index contributed by atoms with van der Waals surface area (Å²) in [5.74, 6) is 0.398. The minimum atomic E-state index is -0.376. The first kappa shape index (κ1) is 13.7. The van der Waals surface area contributed by atoms with Crippen LogP contribution in [0.5, 0.6) is 0 Å². The zero-order valence-electron chi connectivity index (χ0n) is 12.6. The van der Waals surface area contributed by atoms with E-state index in [0.29, 0.717) is 13.2 Å². The van der Waals surface area contributed by atoms with E-state index in [9.17, 15) is 0 Å². The Bertz CT molecular complexity index is 638. The molecule has 2 aliphatic heterocycles. The summed E-state index contributed by atoms with van der Waals surface area (Å²) in [6.07, 6.45) is 1.68. The normalized spacial score (nSPS) is 20.7. The molecule has 2 fully saturated rings. The van der Waals surface area contributed by atoms with Crippen molar-refractivity contribution in [3.8, 4) is 5.69 Å². The summed E-state index contributed by atoms with van der Waals surface area (Å²) in [6, 6.07) is 8.19. The average molecular weight is 301 g/mol. The Labute approximate surface area is 128 Å². The summed E-state index contributed by atoms with van der Waals surface area (Å²) in [5, 5.41) is 12.2. The zero-order chi connectivity index (χ0) is 15.0. The van der Waals surface area contributed by atoms with Crippen molar-refractivity contribution < 1.29 is 9.47 Å². The lowest BCUT2D eigenvalue weighted by Crippen LogP contribution is -2.46. The van der Waals surface area contributed by atoms with Crippen LogP contribution in [0.2, 0.25) is 0 Å². The summed E-state index contributed by atoms with van der Waals surface area (Å²) < 4.78 is 13.3. The highest BCUT2D eigenvalue weighted by Gasteiger charge is 2.40. The monoisotopic (exact) mass is 301 g/mol. The van der Waals surface area contributed by atoms with Crippen LogP contribution in [0.4, 0.5) is 5.95 Å². The van der Waals surface area contributed by atoms with E-state index in [2.05, 4.69) is 39.5 Å². The number of nitrogens with zero attached hydrogens (tertiary/aromatic N) is 5. The van der Waals surface area contributed by atoms with Crippen molar-refractivity contribution in [1.29, 1.82) is 0 Å². The maximum atomic E-state index is 5.77. The number of aromatic nitrogens is 4. The Balaban J connectivity index is 1.54. The Morgan fingerprint density at radius 2 is 1.73 bits per heavy atom. The number of tetrazole rings is 1. The SMILES string of the molecule is Cc1ccc(-n2nnnc2N2CCC3(CC2)OCCO3)cc1. The predicted molar refractivity (Wildman–Crippen MR) is 80.0 cm³/mol. The van der Waals surface area contributed by atoms with E-state index in [4.69, 9.17) is 9.47 Å². The van der Waals surface area contributed by atoms with Gasteiger partial charge in [-0.1, -0.05) is 22.8 Å². The van der Waals surface area contributed by atoms with Gasteiger partial charge >= 0.3 is 0 Å². The molecule has 0 N–H and O–H groups in total. The van der Waals surface area contributed by atoms with Crippen molar-refractivity contribution in [1.82, 2.24) is 20.2 Å². The van der Waals surface area contributed by atoms with Crippen molar-refractivity contribution in [2.75, 3.05) is 31.2 Å². The fourth-order valence-electron chi connectivity index (χ4n) is 3.07. The Hall–Kier alpha value is -1.99. The van der Waals surface area contributed by atoms with E-state index in [1.807, 2.05) is 12.1 Å². The quantitative estimate of drug-likeness (QED) is 0.833. The lowest BCUT2D eigenvalue weighted by atomic mass is 10.0. The number of ether oxygens (including phenoxy) is 2. The van der Waals surface area contributed by atoms with Crippen LogP contribution in [0.1, 0.15) is 18.4 Å². The van der Waals surface area contributed by atoms with Gasteiger partial charge in [0.05, 0.1) is 18.9 Å². The first-order chi connectivity index (χ1) is 10.8. The number of hydrogen-bond donors (Lipinski definition) is 0. The molecule has 7 nitrogen and oxygen atoms in total. The van der Waals surface area contributed by atoms with Gasteiger partial charge < -0.3 is 14.4 Å². The second-order valence-electron chi connectivity index (χ2n) is 5.82. The van der Waals surface area contributed by atoms with Crippen LogP contribution in [-0.4, -0.2) is 52.3 Å². The van der Waals surface area contributed by atoms with Crippen molar-refractivity contribution in [2.45, 2.75) is 25.6 Å². The molecule has 0 unspecified atom stereocenters. The van der Waals surface area contributed by atoms with Gasteiger partial charge in [-0.15, -0.1) is 0 Å². The van der Waals surface area contributed by atoms with Crippen molar-refractivity contribution in [2.24, 2.45) is 0 Å². The van der Waals surface area contributed by atoms with Crippen molar-refractivity contribution in [3.63, 3.8) is 0 Å². The highest BCUT2D eigenvalue weighted by Crippen LogP contribution is 2.32. The van der Waals surface area contributed by atoms with Gasteiger partial charge in [0.25, 0.3) is 0 Å². The van der Waals surface area contributed by atoms with Crippen LogP contribution in [0, 0.1) is 6.92 Å². The molecule has 0 aliphatic carbocycles. The zero-order valence-corrected chi connectivity index (χ0v) is 12.6. The minimum absolute atomic E-state index is 0.376. The smallest absolute Gasteiger partial charge is 0.250 e. The van der Waals surface area contributed by atoms with Crippen molar-refractivity contribution >= 4 is 5.95 Å². The molecule has 0 bridgehead atoms. The molecule has 0 saturated carbocycles. The van der Waals surface area contributed by atoms with Gasteiger partial charge in [-0.2, -0.15) is 4.68 Å². The highest BCUT2D eigenvalue weighted by molar-refractivity contribution is 5.42. The van der Waals surface area contributed by atoms with Gasteiger partial charge in [0.2, 0.25) is 5.95 Å². The molecule has 2 aliphatic rings. The second kappa shape index (κ2) is 5.33. The summed E-state index contributed by atoms with van der Waals surface area (Å²) in [5.41, 5.74) is 2.19. The number of piperidine rings is 1. The standard InChI is InChI=1S/C15H19N5O2/c1-12-2-4-13(5-3-12)20-14(16-17-18-20)19-8-6-15(7-9-19)21-10-11-22-15/h2-5H,6-11H2,1H3. The molecule has 3 heterocycles. The molecule has 116 valence electrons. The lowest BCUT2D eigenvalue weighted by molar-refractivity contribution is -0.169. The van der Waals surface area contributed by atoms with E-state index in [1.54, 1.807) is 4.68 Å². The third kappa shape index (κ3) is 2.36. The second-order valence-corrected chi connectivity index (χ2v) is 5.82. The number of aryl methyl sites for hydroxylation is 1. The first-order valence-corrected chi connectivity index (χ1v) is 7.64. The topological polar surface area (TPSA) is 65.3 Å². The van der Waals surface area contributed by atoms with Crippen LogP contribution in [0.3, 0.4) is 0 Å². The minimum Gasteiger partial charge on any atom is -0.347 e. The van der Waals surface area contributed by atoms with E-state index >= 15 is 0 Å². The maximum absolute atomic E-state index is 5.77. The number of hydrogen-bond acceptors (Lipinski definition) is 6. The van der Waals surface area contributed by atoms with Crippen LogP contribution in [0.15, 0.2) is 24.3 Å². The van der Waals surface area contributed by atoms with Gasteiger partial charge in [0.15, 0.2) is 5.79 Å². The van der Waals surface area contributed by atoms with Crippen LogP contribution in [0.25, 0.3) is 5.69 Å². The third-order valence-electron chi connectivity index (χ3n) is 4.35. The van der Waals surface area contributed by atoms with Gasteiger partial charge in [0.1, 0.15) is 0 Å². The fraction of sp³-hybridized carbons (Fsp3) is 0.533. The molecule has 4 rings (SSSR count). The molecule has 7 heteroatoms. The van der Waals surface area contributed by atoms with E-state index in [1.165, 1.54) is 5.56 Å². The largest absolute Gasteiger partial charge is 0.347 e. The molecule has 0 amide bonds. The Morgan fingerprint density at radius 3 is 2.41 bits per heavy atom. The predicted octanol–water partition coefficient (Wildman–Crippen LogP) is 1.31. The van der Waals surface area contributed by atoms with Crippen LogP contribution < -0.4 is 4.90 Å². The van der Waals surface area contributed by atoms with Crippen molar-refractivity contribution in [3.05, 3.63) is 29.8 Å². The molecule has 0 atom stereocenters. The summed E-state index contributed by atoms with van der Waals surface area (Å²) >= 11 is 0. The number of rotatable bonds is 2. The van der Waals surface area contributed by atoms with E-state index < -0.39 is 0 Å². The Kier molecular flexibility index (Phi) is 3.31. The molecular weight excluding hydrogens is 282 g/mol. The third-order valence-corrected chi connectivity index (χ3v) is 4.35. The van der Waals surface area contributed by atoms with E-state index in [0.717, 1.165) is 37.6 Å². The summed E-state index contributed by atoms with van der Waals surface area (Å²) in [6.45, 7) is 5.11. The van der Waals surface area contributed by atoms with Gasteiger partial charge in [-0.3, -0.25) is 0 Å². The average Bonchev–Trinajstić information content (AvgIpc) is 3.19. The maximum Gasteiger partial charge on any atom is 0.250 e. The van der Waals surface area contributed by atoms with Crippen LogP contribution >= 0.6 is 0 Å². The highest BCUT2D eigenvalue weighted by atomic mass is 16.7. The molecular formula is C15H19N5O2. The summed E-state index contributed by atoms with van der Waals surface area (Å²) in [7, 11) is 0. The molecule has 1 aromatic heterocycles. The molecule has 2 saturated heterocycles. The van der Waals surface area contributed by atoms with E-state index in [-0.39, 0.29) is 5.79 Å². The fourth-order valence-corrected chi connectivity index (χ4v) is 3.07. The first-order valence-electron chi connectivity index (χ1n) is 7.64. The van der Waals surface area contributed by atoms with Crippen LogP contribution in [-0.2, 0) is 9.47 Å². The molecule has 0 radical (unpaired) electrons. The molecule has 1 aromatic carbocycles. The lowest BCUT2D eigenvalue weighted by Gasteiger charge is -2.37. The number of benzene rings is 1.